The molecule has 1 fully saturated rings. The lowest BCUT2D eigenvalue weighted by Gasteiger charge is -2.31. The molecule has 0 aromatic heterocycles. The van der Waals surface area contributed by atoms with Crippen LogP contribution in [0.5, 0.6) is 0 Å². The zero-order valence-corrected chi connectivity index (χ0v) is 9.98. The lowest BCUT2D eigenvalue weighted by Crippen LogP contribution is -2.53. The summed E-state index contributed by atoms with van der Waals surface area (Å²) in [4.78, 5) is 12.0. The molecule has 0 aliphatic carbocycles. The molecule has 2 rings (SSSR count). The summed E-state index contributed by atoms with van der Waals surface area (Å²) in [6.07, 6.45) is 0.952. The number of nitrogens with one attached hydrogen (secondary N) is 2. The number of carbonyl (C=O) groups is 1. The molecule has 0 unspecified atom stereocenters. The molecule has 2 atom stereocenters. The van der Waals surface area contributed by atoms with E-state index in [1.807, 2.05) is 30.3 Å². The monoisotopic (exact) mass is 234 g/mol. The Morgan fingerprint density at radius 2 is 2.18 bits per heavy atom. The first-order chi connectivity index (χ1) is 8.31. The highest BCUT2D eigenvalue weighted by atomic mass is 16.5. The summed E-state index contributed by atoms with van der Waals surface area (Å²) in [7, 11) is 1.68. The first-order valence-corrected chi connectivity index (χ1v) is 5.90. The summed E-state index contributed by atoms with van der Waals surface area (Å²) in [6, 6.07) is 9.36. The van der Waals surface area contributed by atoms with Crippen LogP contribution in [-0.2, 0) is 4.74 Å². The number of carbonyl (C=O) groups excluding carboxylic acids is 1. The Morgan fingerprint density at radius 1 is 1.41 bits per heavy atom. The van der Waals surface area contributed by atoms with E-state index in [4.69, 9.17) is 4.74 Å². The fourth-order valence-corrected chi connectivity index (χ4v) is 2.08. The fraction of sp³-hybridized carbons (Fsp3) is 0.462. The van der Waals surface area contributed by atoms with Crippen molar-refractivity contribution in [2.45, 2.75) is 18.6 Å². The average molecular weight is 234 g/mol. The molecule has 0 saturated carbocycles. The van der Waals surface area contributed by atoms with E-state index in [0.29, 0.717) is 5.56 Å². The summed E-state index contributed by atoms with van der Waals surface area (Å²) in [5.41, 5.74) is 0.695. The quantitative estimate of drug-likeness (QED) is 0.813. The molecule has 1 saturated heterocycles. The third-order valence-electron chi connectivity index (χ3n) is 3.08. The van der Waals surface area contributed by atoms with Crippen molar-refractivity contribution in [3.8, 4) is 0 Å². The number of ether oxygens (including phenoxy) is 1. The van der Waals surface area contributed by atoms with Gasteiger partial charge in [0.15, 0.2) is 0 Å². The van der Waals surface area contributed by atoms with Gasteiger partial charge in [0.25, 0.3) is 5.91 Å². The number of hydrogen-bond donors (Lipinski definition) is 2. The number of benzene rings is 1. The minimum Gasteiger partial charge on any atom is -0.378 e. The second kappa shape index (κ2) is 5.80. The summed E-state index contributed by atoms with van der Waals surface area (Å²) >= 11 is 0. The topological polar surface area (TPSA) is 50.4 Å². The molecule has 1 aromatic rings. The molecule has 92 valence electrons. The summed E-state index contributed by atoms with van der Waals surface area (Å²) in [5, 5.41) is 6.28. The summed E-state index contributed by atoms with van der Waals surface area (Å²) < 4.78 is 5.36. The molecule has 1 aliphatic heterocycles. The van der Waals surface area contributed by atoms with E-state index in [1.54, 1.807) is 7.11 Å². The van der Waals surface area contributed by atoms with E-state index in [0.717, 1.165) is 19.5 Å². The largest absolute Gasteiger partial charge is 0.378 e. The number of piperidine rings is 1. The molecule has 4 heteroatoms. The average Bonchev–Trinajstić information content (AvgIpc) is 2.40. The van der Waals surface area contributed by atoms with Crippen molar-refractivity contribution in [2.24, 2.45) is 0 Å². The highest BCUT2D eigenvalue weighted by Gasteiger charge is 2.26. The predicted molar refractivity (Wildman–Crippen MR) is 66.0 cm³/mol. The zero-order chi connectivity index (χ0) is 12.1. The van der Waals surface area contributed by atoms with Crippen molar-refractivity contribution in [1.82, 2.24) is 10.6 Å². The van der Waals surface area contributed by atoms with Gasteiger partial charge in [-0.1, -0.05) is 18.2 Å². The van der Waals surface area contributed by atoms with E-state index in [-0.39, 0.29) is 18.1 Å². The van der Waals surface area contributed by atoms with E-state index >= 15 is 0 Å². The smallest absolute Gasteiger partial charge is 0.251 e. The lowest BCUT2D eigenvalue weighted by atomic mass is 10.0. The highest BCUT2D eigenvalue weighted by molar-refractivity contribution is 5.94. The zero-order valence-electron chi connectivity index (χ0n) is 9.98. The molecule has 0 radical (unpaired) electrons. The normalized spacial score (nSPS) is 24.3. The Balaban J connectivity index is 1.98. The van der Waals surface area contributed by atoms with Crippen LogP contribution in [0.25, 0.3) is 0 Å². The van der Waals surface area contributed by atoms with Gasteiger partial charge in [-0.05, 0) is 25.1 Å². The Bertz CT molecular complexity index is 367. The Labute approximate surface area is 101 Å². The first kappa shape index (κ1) is 12.1. The molecule has 4 nitrogen and oxygen atoms in total. The fourth-order valence-electron chi connectivity index (χ4n) is 2.08. The number of amides is 1. The molecule has 1 amide bonds. The van der Waals surface area contributed by atoms with Crippen LogP contribution in [0.2, 0.25) is 0 Å². The Hall–Kier alpha value is -1.39. The van der Waals surface area contributed by atoms with Crippen molar-refractivity contribution < 1.29 is 9.53 Å². The van der Waals surface area contributed by atoms with Gasteiger partial charge in [-0.25, -0.2) is 0 Å². The van der Waals surface area contributed by atoms with Crippen LogP contribution in [0.3, 0.4) is 0 Å². The van der Waals surface area contributed by atoms with E-state index < -0.39 is 0 Å². The highest BCUT2D eigenvalue weighted by Crippen LogP contribution is 2.08. The van der Waals surface area contributed by atoms with Crippen molar-refractivity contribution in [3.63, 3.8) is 0 Å². The maximum absolute atomic E-state index is 12.0. The molecule has 17 heavy (non-hydrogen) atoms. The second-order valence-corrected chi connectivity index (χ2v) is 4.21. The summed E-state index contributed by atoms with van der Waals surface area (Å²) in [6.45, 7) is 1.70. The van der Waals surface area contributed by atoms with E-state index in [2.05, 4.69) is 10.6 Å². The molecule has 0 bridgehead atoms. The summed E-state index contributed by atoms with van der Waals surface area (Å²) in [5.74, 6) is -0.0282. The molecule has 1 aromatic carbocycles. The van der Waals surface area contributed by atoms with Crippen LogP contribution in [-0.4, -0.2) is 38.3 Å². The van der Waals surface area contributed by atoms with Crippen LogP contribution in [0, 0.1) is 0 Å². The first-order valence-electron chi connectivity index (χ1n) is 5.90. The van der Waals surface area contributed by atoms with Crippen molar-refractivity contribution in [1.29, 1.82) is 0 Å². The van der Waals surface area contributed by atoms with Crippen molar-refractivity contribution in [3.05, 3.63) is 35.9 Å². The van der Waals surface area contributed by atoms with Gasteiger partial charge in [0.1, 0.15) is 0 Å². The van der Waals surface area contributed by atoms with Crippen molar-refractivity contribution in [2.75, 3.05) is 20.2 Å². The van der Waals surface area contributed by atoms with Gasteiger partial charge < -0.3 is 15.4 Å². The third kappa shape index (κ3) is 3.05. The number of methoxy groups -OCH3 is 1. The second-order valence-electron chi connectivity index (χ2n) is 4.21. The van der Waals surface area contributed by atoms with Crippen LogP contribution in [0.15, 0.2) is 30.3 Å². The third-order valence-corrected chi connectivity index (χ3v) is 3.08. The number of rotatable bonds is 3. The van der Waals surface area contributed by atoms with Gasteiger partial charge in [0.05, 0.1) is 12.1 Å². The Kier molecular flexibility index (Phi) is 4.12. The van der Waals surface area contributed by atoms with Crippen LogP contribution in [0.1, 0.15) is 16.8 Å². The van der Waals surface area contributed by atoms with Gasteiger partial charge >= 0.3 is 0 Å². The molecule has 1 aliphatic rings. The standard InChI is InChI=1S/C13H18N2O2/c1-17-12-9-14-8-7-11(12)15-13(16)10-5-3-2-4-6-10/h2-6,11-12,14H,7-9H2,1H3,(H,15,16)/t11-,12-/m0/s1. The minimum atomic E-state index is -0.0282. The molecular weight excluding hydrogens is 216 g/mol. The maximum atomic E-state index is 12.0. The molecule has 1 heterocycles. The van der Waals surface area contributed by atoms with Gasteiger partial charge in [-0.2, -0.15) is 0 Å². The van der Waals surface area contributed by atoms with Gasteiger partial charge in [-0.15, -0.1) is 0 Å². The molecular formula is C13H18N2O2. The molecule has 0 spiro atoms. The maximum Gasteiger partial charge on any atom is 0.251 e. The molecule has 2 N–H and O–H groups in total. The van der Waals surface area contributed by atoms with Crippen LogP contribution < -0.4 is 10.6 Å². The van der Waals surface area contributed by atoms with Gasteiger partial charge in [-0.3, -0.25) is 4.79 Å². The van der Waals surface area contributed by atoms with Crippen molar-refractivity contribution >= 4 is 5.91 Å². The van der Waals surface area contributed by atoms with Gasteiger partial charge in [0, 0.05) is 19.2 Å². The number of hydrogen-bond acceptors (Lipinski definition) is 3. The van der Waals surface area contributed by atoms with E-state index in [9.17, 15) is 4.79 Å². The SMILES string of the molecule is CO[C@H]1CNCC[C@@H]1NC(=O)c1ccccc1. The van der Waals surface area contributed by atoms with Crippen LogP contribution >= 0.6 is 0 Å². The Morgan fingerprint density at radius 3 is 2.88 bits per heavy atom. The predicted octanol–water partition coefficient (Wildman–Crippen LogP) is 0.793. The minimum absolute atomic E-state index is 0.0282. The van der Waals surface area contributed by atoms with E-state index in [1.165, 1.54) is 0 Å². The van der Waals surface area contributed by atoms with Crippen LogP contribution in [0.4, 0.5) is 0 Å². The lowest BCUT2D eigenvalue weighted by molar-refractivity contribution is 0.0476. The van der Waals surface area contributed by atoms with Gasteiger partial charge in [0.2, 0.25) is 0 Å².